The van der Waals surface area contributed by atoms with Crippen molar-refractivity contribution in [1.29, 1.82) is 0 Å². The van der Waals surface area contributed by atoms with E-state index < -0.39 is 0 Å². The Bertz CT molecular complexity index is 792. The molecule has 0 aliphatic heterocycles. The molecule has 0 amide bonds. The van der Waals surface area contributed by atoms with Crippen molar-refractivity contribution >= 4 is 31.5 Å². The van der Waals surface area contributed by atoms with Crippen molar-refractivity contribution in [3.05, 3.63) is 48.0 Å². The maximum Gasteiger partial charge on any atom is 0.0358 e. The normalized spacial score (nSPS) is 14.1. The highest BCUT2D eigenvalue weighted by atomic mass is 32.1. The Morgan fingerprint density at radius 1 is 0.955 bits per heavy atom. The van der Waals surface area contributed by atoms with Crippen LogP contribution < -0.4 is 0 Å². The van der Waals surface area contributed by atoms with Crippen molar-refractivity contribution < 1.29 is 0 Å². The molecule has 0 saturated carbocycles. The summed E-state index contributed by atoms with van der Waals surface area (Å²) in [5.74, 6) is 1.26. The molecule has 0 fully saturated rings. The molecule has 1 heteroatoms. The van der Waals surface area contributed by atoms with Crippen LogP contribution >= 0.6 is 11.3 Å². The van der Waals surface area contributed by atoms with Crippen LogP contribution in [0.25, 0.3) is 20.2 Å². The van der Waals surface area contributed by atoms with Gasteiger partial charge in [-0.15, -0.1) is 11.3 Å². The average Bonchev–Trinajstić information content (AvgIpc) is 2.86. The van der Waals surface area contributed by atoms with Crippen LogP contribution in [0, 0.1) is 11.3 Å². The van der Waals surface area contributed by atoms with E-state index in [1.807, 2.05) is 11.3 Å². The van der Waals surface area contributed by atoms with Crippen LogP contribution in [0.4, 0.5) is 0 Å². The van der Waals surface area contributed by atoms with Crippen molar-refractivity contribution in [3.8, 4) is 0 Å². The third-order valence-corrected chi connectivity index (χ3v) is 6.74. The van der Waals surface area contributed by atoms with Crippen LogP contribution in [0.2, 0.25) is 0 Å². The fourth-order valence-corrected chi connectivity index (χ4v) is 4.78. The standard InChI is InChI=1S/C21H26S/c1-6-17(21(4,5)14(2)3)15-11-9-13-19-20(15)16-10-7-8-12-18(16)22-19/h7-14,17H,6H2,1-5H3. The van der Waals surface area contributed by atoms with Gasteiger partial charge in [-0.3, -0.25) is 0 Å². The molecule has 0 bridgehead atoms. The van der Waals surface area contributed by atoms with E-state index >= 15 is 0 Å². The average molecular weight is 311 g/mol. The first-order valence-corrected chi connectivity index (χ1v) is 9.18. The lowest BCUT2D eigenvalue weighted by atomic mass is 9.66. The Labute approximate surface area is 138 Å². The number of thiophene rings is 1. The van der Waals surface area contributed by atoms with E-state index in [1.165, 1.54) is 32.2 Å². The van der Waals surface area contributed by atoms with E-state index in [0.29, 0.717) is 17.3 Å². The maximum atomic E-state index is 2.43. The molecule has 0 N–H and O–H groups in total. The van der Waals surface area contributed by atoms with E-state index in [0.717, 1.165) is 0 Å². The number of rotatable bonds is 4. The van der Waals surface area contributed by atoms with Gasteiger partial charge in [0.25, 0.3) is 0 Å². The summed E-state index contributed by atoms with van der Waals surface area (Å²) >= 11 is 1.92. The predicted octanol–water partition coefficient (Wildman–Crippen LogP) is 7.23. The van der Waals surface area contributed by atoms with Gasteiger partial charge in [0.1, 0.15) is 0 Å². The lowest BCUT2D eigenvalue weighted by Gasteiger charge is -2.38. The summed E-state index contributed by atoms with van der Waals surface area (Å²) < 4.78 is 2.83. The molecule has 2 aromatic carbocycles. The molecule has 0 saturated heterocycles. The molecule has 0 spiro atoms. The zero-order chi connectivity index (χ0) is 15.9. The molecule has 22 heavy (non-hydrogen) atoms. The fraction of sp³-hybridized carbons (Fsp3) is 0.429. The predicted molar refractivity (Wildman–Crippen MR) is 101 cm³/mol. The van der Waals surface area contributed by atoms with Crippen LogP contribution in [0.15, 0.2) is 42.5 Å². The molecule has 116 valence electrons. The molecule has 3 aromatic rings. The first-order valence-electron chi connectivity index (χ1n) is 8.37. The van der Waals surface area contributed by atoms with Gasteiger partial charge in [0, 0.05) is 20.2 Å². The van der Waals surface area contributed by atoms with Crippen molar-refractivity contribution in [3.63, 3.8) is 0 Å². The quantitative estimate of drug-likeness (QED) is 0.477. The summed E-state index contributed by atoms with van der Waals surface area (Å²) in [5.41, 5.74) is 1.84. The largest absolute Gasteiger partial charge is 0.135 e. The summed E-state index contributed by atoms with van der Waals surface area (Å²) in [6, 6.07) is 15.7. The molecular formula is C21H26S. The smallest absolute Gasteiger partial charge is 0.0358 e. The Morgan fingerprint density at radius 2 is 1.64 bits per heavy atom. The minimum Gasteiger partial charge on any atom is -0.135 e. The SMILES string of the molecule is CCC(c1cccc2sc3ccccc3c12)C(C)(C)C(C)C. The van der Waals surface area contributed by atoms with Crippen LogP contribution in [0.5, 0.6) is 0 Å². The fourth-order valence-electron chi connectivity index (χ4n) is 3.64. The molecule has 1 atom stereocenters. The van der Waals surface area contributed by atoms with Gasteiger partial charge in [-0.25, -0.2) is 0 Å². The van der Waals surface area contributed by atoms with Crippen LogP contribution in [0.1, 0.15) is 52.5 Å². The minimum absolute atomic E-state index is 0.298. The van der Waals surface area contributed by atoms with E-state index in [2.05, 4.69) is 77.1 Å². The third-order valence-electron chi connectivity index (χ3n) is 5.60. The Hall–Kier alpha value is -1.34. The van der Waals surface area contributed by atoms with Gasteiger partial charge in [0.15, 0.2) is 0 Å². The van der Waals surface area contributed by atoms with Crippen molar-refractivity contribution in [2.24, 2.45) is 11.3 Å². The number of benzene rings is 2. The third kappa shape index (κ3) is 2.36. The zero-order valence-corrected chi connectivity index (χ0v) is 15.1. The monoisotopic (exact) mass is 310 g/mol. The molecule has 0 aliphatic rings. The molecule has 1 aromatic heterocycles. The first-order chi connectivity index (χ1) is 10.5. The lowest BCUT2D eigenvalue weighted by molar-refractivity contribution is 0.189. The number of hydrogen-bond acceptors (Lipinski definition) is 1. The van der Waals surface area contributed by atoms with E-state index in [4.69, 9.17) is 0 Å². The van der Waals surface area contributed by atoms with Gasteiger partial charge in [0.2, 0.25) is 0 Å². The molecular weight excluding hydrogens is 284 g/mol. The van der Waals surface area contributed by atoms with Crippen molar-refractivity contribution in [2.75, 3.05) is 0 Å². The molecule has 0 aliphatic carbocycles. The van der Waals surface area contributed by atoms with Crippen LogP contribution in [-0.4, -0.2) is 0 Å². The second kappa shape index (κ2) is 5.70. The Balaban J connectivity index is 2.30. The molecule has 3 rings (SSSR count). The van der Waals surface area contributed by atoms with Gasteiger partial charge in [-0.1, -0.05) is 65.0 Å². The summed E-state index contributed by atoms with van der Waals surface area (Å²) in [6.45, 7) is 11.9. The van der Waals surface area contributed by atoms with Gasteiger partial charge in [0.05, 0.1) is 0 Å². The van der Waals surface area contributed by atoms with Gasteiger partial charge < -0.3 is 0 Å². The zero-order valence-electron chi connectivity index (χ0n) is 14.3. The molecule has 0 radical (unpaired) electrons. The van der Waals surface area contributed by atoms with E-state index in [1.54, 1.807) is 0 Å². The minimum atomic E-state index is 0.298. The Kier molecular flexibility index (Phi) is 4.03. The molecule has 0 nitrogen and oxygen atoms in total. The molecule has 1 unspecified atom stereocenters. The second-order valence-electron chi connectivity index (χ2n) is 7.26. The van der Waals surface area contributed by atoms with E-state index in [-0.39, 0.29) is 0 Å². The number of hydrogen-bond donors (Lipinski definition) is 0. The van der Waals surface area contributed by atoms with Crippen LogP contribution in [-0.2, 0) is 0 Å². The van der Waals surface area contributed by atoms with Crippen molar-refractivity contribution in [1.82, 2.24) is 0 Å². The summed E-state index contributed by atoms with van der Waals surface area (Å²) in [4.78, 5) is 0. The summed E-state index contributed by atoms with van der Waals surface area (Å²) in [6.07, 6.45) is 1.19. The summed E-state index contributed by atoms with van der Waals surface area (Å²) in [5, 5.41) is 2.92. The van der Waals surface area contributed by atoms with Gasteiger partial charge in [-0.2, -0.15) is 0 Å². The number of fused-ring (bicyclic) bond motifs is 3. The molecule has 1 heterocycles. The Morgan fingerprint density at radius 3 is 2.32 bits per heavy atom. The highest BCUT2D eigenvalue weighted by Gasteiger charge is 2.33. The summed E-state index contributed by atoms with van der Waals surface area (Å²) in [7, 11) is 0. The van der Waals surface area contributed by atoms with Gasteiger partial charge >= 0.3 is 0 Å². The van der Waals surface area contributed by atoms with Crippen LogP contribution in [0.3, 0.4) is 0 Å². The van der Waals surface area contributed by atoms with Gasteiger partial charge in [-0.05, 0) is 41.4 Å². The van der Waals surface area contributed by atoms with Crippen molar-refractivity contribution in [2.45, 2.75) is 47.0 Å². The highest BCUT2D eigenvalue weighted by Crippen LogP contribution is 2.48. The second-order valence-corrected chi connectivity index (χ2v) is 8.34. The first kappa shape index (κ1) is 15.6. The van der Waals surface area contributed by atoms with E-state index in [9.17, 15) is 0 Å². The maximum absolute atomic E-state index is 2.43. The highest BCUT2D eigenvalue weighted by molar-refractivity contribution is 7.25. The lowest BCUT2D eigenvalue weighted by Crippen LogP contribution is -2.27. The topological polar surface area (TPSA) is 0 Å².